The van der Waals surface area contributed by atoms with Gasteiger partial charge >= 0.3 is 0 Å². The van der Waals surface area contributed by atoms with Crippen LogP contribution in [0.3, 0.4) is 0 Å². The van der Waals surface area contributed by atoms with Gasteiger partial charge in [-0.15, -0.1) is 0 Å². The molecule has 1 aromatic rings. The van der Waals surface area contributed by atoms with Crippen LogP contribution in [0.25, 0.3) is 0 Å². The molecule has 20 heavy (non-hydrogen) atoms. The van der Waals surface area contributed by atoms with Crippen molar-refractivity contribution in [2.75, 3.05) is 33.4 Å². The van der Waals surface area contributed by atoms with Crippen LogP contribution in [-0.4, -0.2) is 46.1 Å². The molecule has 0 amide bonds. The first kappa shape index (κ1) is 15.9. The van der Waals surface area contributed by atoms with Gasteiger partial charge in [0.05, 0.1) is 11.5 Å². The van der Waals surface area contributed by atoms with Crippen LogP contribution in [0.1, 0.15) is 12.0 Å². The van der Waals surface area contributed by atoms with Crippen LogP contribution < -0.4 is 5.32 Å². The van der Waals surface area contributed by atoms with Crippen LogP contribution in [0.2, 0.25) is 0 Å². The van der Waals surface area contributed by atoms with Crippen molar-refractivity contribution >= 4 is 26.0 Å². The number of nitrogens with one attached hydrogen (secondary N) is 1. The van der Waals surface area contributed by atoms with Crippen molar-refractivity contribution in [1.82, 2.24) is 9.62 Å². The molecule has 0 aliphatic carbocycles. The number of nitrogens with zero attached hydrogens (tertiary/aromatic N) is 1. The van der Waals surface area contributed by atoms with Crippen molar-refractivity contribution < 1.29 is 13.2 Å². The average Bonchev–Trinajstić information content (AvgIpc) is 2.68. The molecule has 1 heterocycles. The molecule has 0 saturated carbocycles. The molecule has 5 nitrogen and oxygen atoms in total. The molecule has 1 saturated heterocycles. The first-order chi connectivity index (χ1) is 9.55. The Morgan fingerprint density at radius 3 is 2.85 bits per heavy atom. The van der Waals surface area contributed by atoms with Gasteiger partial charge in [0.2, 0.25) is 10.0 Å². The zero-order chi connectivity index (χ0) is 14.6. The van der Waals surface area contributed by atoms with Gasteiger partial charge in [0, 0.05) is 30.7 Å². The average molecular weight is 363 g/mol. The minimum atomic E-state index is -3.46. The van der Waals surface area contributed by atoms with E-state index in [1.165, 1.54) is 4.31 Å². The Hall–Kier alpha value is -0.470. The highest BCUT2D eigenvalue weighted by atomic mass is 79.9. The summed E-state index contributed by atoms with van der Waals surface area (Å²) in [6.45, 7) is 2.69. The van der Waals surface area contributed by atoms with E-state index in [9.17, 15) is 8.42 Å². The van der Waals surface area contributed by atoms with E-state index in [2.05, 4.69) is 21.2 Å². The third-order valence-electron chi connectivity index (χ3n) is 3.18. The van der Waals surface area contributed by atoms with Gasteiger partial charge in [-0.3, -0.25) is 0 Å². The van der Waals surface area contributed by atoms with Crippen LogP contribution in [0.4, 0.5) is 0 Å². The summed E-state index contributed by atoms with van der Waals surface area (Å²) < 4.78 is 32.7. The van der Waals surface area contributed by atoms with Gasteiger partial charge in [0.1, 0.15) is 0 Å². The molecule has 7 heteroatoms. The highest BCUT2D eigenvalue weighted by Crippen LogP contribution is 2.26. The van der Waals surface area contributed by atoms with Crippen molar-refractivity contribution in [1.29, 1.82) is 0 Å². The molecule has 1 N–H and O–H groups in total. The smallest absolute Gasteiger partial charge is 0.244 e. The maximum Gasteiger partial charge on any atom is 0.244 e. The predicted octanol–water partition coefficient (Wildman–Crippen LogP) is 1.58. The Morgan fingerprint density at radius 2 is 2.15 bits per heavy atom. The maximum atomic E-state index is 12.7. The van der Waals surface area contributed by atoms with Crippen LogP contribution in [0, 0.1) is 0 Å². The SMILES string of the molecule is CNCc1ccc(S(=O)(=O)N2CCCOCC2)c(Br)c1. The summed E-state index contributed by atoms with van der Waals surface area (Å²) in [5.41, 5.74) is 1.04. The summed E-state index contributed by atoms with van der Waals surface area (Å²) in [5.74, 6) is 0. The standard InChI is InChI=1S/C13H19BrN2O3S/c1-15-10-11-3-4-13(12(14)9-11)20(17,18)16-5-2-7-19-8-6-16/h3-4,9,15H,2,5-8,10H2,1H3. The number of hydrogen-bond donors (Lipinski definition) is 1. The lowest BCUT2D eigenvalue weighted by Gasteiger charge is -2.20. The Labute approximate surface area is 128 Å². The molecule has 0 bridgehead atoms. The molecule has 1 aliphatic rings. The third-order valence-corrected chi connectivity index (χ3v) is 6.05. The van der Waals surface area contributed by atoms with Crippen molar-refractivity contribution in [2.45, 2.75) is 17.9 Å². The predicted molar refractivity (Wildman–Crippen MR) is 81.1 cm³/mol. The molecule has 2 rings (SSSR count). The lowest BCUT2D eigenvalue weighted by molar-refractivity contribution is 0.148. The lowest BCUT2D eigenvalue weighted by atomic mass is 10.2. The summed E-state index contributed by atoms with van der Waals surface area (Å²) in [4.78, 5) is 0.319. The largest absolute Gasteiger partial charge is 0.380 e. The number of hydrogen-bond acceptors (Lipinski definition) is 4. The quantitative estimate of drug-likeness (QED) is 0.883. The van der Waals surface area contributed by atoms with Gasteiger partial charge < -0.3 is 10.1 Å². The summed E-state index contributed by atoms with van der Waals surface area (Å²) in [6, 6.07) is 5.35. The number of rotatable bonds is 4. The number of sulfonamides is 1. The van der Waals surface area contributed by atoms with E-state index < -0.39 is 10.0 Å². The van der Waals surface area contributed by atoms with Crippen LogP contribution in [0.15, 0.2) is 27.6 Å². The van der Waals surface area contributed by atoms with Crippen LogP contribution >= 0.6 is 15.9 Å². The van der Waals surface area contributed by atoms with Gasteiger partial charge in [-0.2, -0.15) is 4.31 Å². The second-order valence-electron chi connectivity index (χ2n) is 4.67. The van der Waals surface area contributed by atoms with E-state index in [4.69, 9.17) is 4.74 Å². The molecular weight excluding hydrogens is 344 g/mol. The summed E-state index contributed by atoms with van der Waals surface area (Å²) in [7, 11) is -1.60. The molecule has 1 fully saturated rings. The Morgan fingerprint density at radius 1 is 1.35 bits per heavy atom. The minimum absolute atomic E-state index is 0.319. The van der Waals surface area contributed by atoms with Crippen LogP contribution in [0.5, 0.6) is 0 Å². The fraction of sp³-hybridized carbons (Fsp3) is 0.538. The minimum Gasteiger partial charge on any atom is -0.380 e. The molecule has 0 aromatic heterocycles. The van der Waals surface area contributed by atoms with Crippen LogP contribution in [-0.2, 0) is 21.3 Å². The van der Waals surface area contributed by atoms with E-state index in [1.54, 1.807) is 6.07 Å². The van der Waals surface area contributed by atoms with Crippen molar-refractivity contribution in [3.8, 4) is 0 Å². The maximum absolute atomic E-state index is 12.7. The van der Waals surface area contributed by atoms with Gasteiger partial charge in [-0.25, -0.2) is 8.42 Å². The Kier molecular flexibility index (Phi) is 5.57. The highest BCUT2D eigenvalue weighted by molar-refractivity contribution is 9.10. The monoisotopic (exact) mass is 362 g/mol. The van der Waals surface area contributed by atoms with Gasteiger partial charge in [-0.05, 0) is 47.1 Å². The second-order valence-corrected chi connectivity index (χ2v) is 7.43. The van der Waals surface area contributed by atoms with Crippen molar-refractivity contribution in [3.63, 3.8) is 0 Å². The second kappa shape index (κ2) is 7.00. The van der Waals surface area contributed by atoms with E-state index in [0.29, 0.717) is 42.2 Å². The fourth-order valence-electron chi connectivity index (χ4n) is 2.17. The summed E-state index contributed by atoms with van der Waals surface area (Å²) in [5, 5.41) is 3.04. The number of benzene rings is 1. The molecule has 0 spiro atoms. The molecule has 0 atom stereocenters. The zero-order valence-electron chi connectivity index (χ0n) is 11.4. The van der Waals surface area contributed by atoms with Gasteiger partial charge in [0.15, 0.2) is 0 Å². The summed E-state index contributed by atoms with van der Waals surface area (Å²) >= 11 is 3.37. The fourth-order valence-corrected chi connectivity index (χ4v) is 4.72. The van der Waals surface area contributed by atoms with E-state index in [1.807, 2.05) is 19.2 Å². The summed E-state index contributed by atoms with van der Waals surface area (Å²) in [6.07, 6.45) is 0.731. The lowest BCUT2D eigenvalue weighted by Crippen LogP contribution is -2.33. The van der Waals surface area contributed by atoms with Crippen molar-refractivity contribution in [2.24, 2.45) is 0 Å². The molecular formula is C13H19BrN2O3S. The molecule has 112 valence electrons. The first-order valence-electron chi connectivity index (χ1n) is 6.56. The topological polar surface area (TPSA) is 58.6 Å². The Bertz CT molecular complexity index is 555. The van der Waals surface area contributed by atoms with Gasteiger partial charge in [0.25, 0.3) is 0 Å². The van der Waals surface area contributed by atoms with Gasteiger partial charge in [-0.1, -0.05) is 6.07 Å². The highest BCUT2D eigenvalue weighted by Gasteiger charge is 2.27. The Balaban J connectivity index is 2.28. The number of ether oxygens (including phenoxy) is 1. The van der Waals surface area contributed by atoms with E-state index in [0.717, 1.165) is 12.0 Å². The molecule has 1 aromatic carbocycles. The number of halogens is 1. The third kappa shape index (κ3) is 3.59. The first-order valence-corrected chi connectivity index (χ1v) is 8.80. The molecule has 0 radical (unpaired) electrons. The molecule has 1 aliphatic heterocycles. The zero-order valence-corrected chi connectivity index (χ0v) is 13.8. The molecule has 0 unspecified atom stereocenters. The van der Waals surface area contributed by atoms with E-state index in [-0.39, 0.29) is 0 Å². The normalized spacial score (nSPS) is 17.9. The van der Waals surface area contributed by atoms with Crippen molar-refractivity contribution in [3.05, 3.63) is 28.2 Å². The van der Waals surface area contributed by atoms with E-state index >= 15 is 0 Å².